The lowest BCUT2D eigenvalue weighted by Crippen LogP contribution is -2.31. The summed E-state index contributed by atoms with van der Waals surface area (Å²) in [5, 5.41) is 5.84. The zero-order valence-electron chi connectivity index (χ0n) is 25.2. The number of carbonyl (C=O) groups excluding carboxylic acids is 4. The number of amides is 4. The standard InChI is InChI=1S/C36H38N4O4/c1-39(31-21-11-9-19-29(31)35(43)37-25-27-15-5-3-6-16-27)33(41)23-13-14-24-34(42)40(2)32-22-12-10-20-30(32)36(44)38-26-28-17-7-4-8-18-28/h3-12,15-22H,13-14,23-26H2,1-2H3,(H,37,43)(H,38,44). The molecule has 0 aliphatic rings. The summed E-state index contributed by atoms with van der Waals surface area (Å²) in [4.78, 5) is 54.9. The summed E-state index contributed by atoms with van der Waals surface area (Å²) in [5.74, 6) is -0.803. The molecule has 8 nitrogen and oxygen atoms in total. The Balaban J connectivity index is 1.27. The van der Waals surface area contributed by atoms with Gasteiger partial charge in [0.25, 0.3) is 11.8 Å². The van der Waals surface area contributed by atoms with E-state index in [1.165, 1.54) is 9.80 Å². The lowest BCUT2D eigenvalue weighted by molar-refractivity contribution is -0.120. The lowest BCUT2D eigenvalue weighted by atomic mass is 10.1. The highest BCUT2D eigenvalue weighted by atomic mass is 16.2. The van der Waals surface area contributed by atoms with Gasteiger partial charge in [0.05, 0.1) is 22.5 Å². The van der Waals surface area contributed by atoms with E-state index in [0.717, 1.165) is 11.1 Å². The van der Waals surface area contributed by atoms with Crippen LogP contribution in [0.3, 0.4) is 0 Å². The Morgan fingerprint density at radius 1 is 0.500 bits per heavy atom. The number of nitrogens with one attached hydrogen (secondary N) is 2. The molecule has 226 valence electrons. The van der Waals surface area contributed by atoms with Crippen LogP contribution in [0.1, 0.15) is 57.5 Å². The van der Waals surface area contributed by atoms with Gasteiger partial charge in [0, 0.05) is 40.0 Å². The maximum absolute atomic E-state index is 13.0. The first-order valence-electron chi connectivity index (χ1n) is 14.7. The Bertz CT molecular complexity index is 1450. The summed E-state index contributed by atoms with van der Waals surface area (Å²) in [6, 6.07) is 33.3. The number of para-hydroxylation sites is 2. The van der Waals surface area contributed by atoms with Gasteiger partial charge in [0.2, 0.25) is 11.8 Å². The normalized spacial score (nSPS) is 10.5. The molecule has 0 saturated carbocycles. The molecule has 4 aromatic carbocycles. The number of hydrogen-bond acceptors (Lipinski definition) is 4. The van der Waals surface area contributed by atoms with Crippen LogP contribution in [-0.4, -0.2) is 37.7 Å². The average molecular weight is 591 g/mol. The quantitative estimate of drug-likeness (QED) is 0.194. The van der Waals surface area contributed by atoms with Gasteiger partial charge in [-0.3, -0.25) is 19.2 Å². The number of nitrogens with zero attached hydrogens (tertiary/aromatic N) is 2. The molecule has 0 bridgehead atoms. The molecule has 0 aliphatic carbocycles. The highest BCUT2D eigenvalue weighted by Gasteiger charge is 2.20. The molecular formula is C36H38N4O4. The van der Waals surface area contributed by atoms with Crippen molar-refractivity contribution in [1.82, 2.24) is 10.6 Å². The molecule has 4 aromatic rings. The number of anilines is 2. The maximum Gasteiger partial charge on any atom is 0.253 e. The van der Waals surface area contributed by atoms with Gasteiger partial charge in [0.15, 0.2) is 0 Å². The van der Waals surface area contributed by atoms with Crippen molar-refractivity contribution in [3.05, 3.63) is 131 Å². The van der Waals surface area contributed by atoms with Gasteiger partial charge in [-0.15, -0.1) is 0 Å². The number of benzene rings is 4. The minimum absolute atomic E-state index is 0.144. The first kappa shape index (κ1) is 31.7. The van der Waals surface area contributed by atoms with Crippen molar-refractivity contribution in [3.63, 3.8) is 0 Å². The molecule has 2 N–H and O–H groups in total. The van der Waals surface area contributed by atoms with Crippen LogP contribution in [-0.2, 0) is 22.7 Å². The van der Waals surface area contributed by atoms with Crippen LogP contribution >= 0.6 is 0 Å². The summed E-state index contributed by atoms with van der Waals surface area (Å²) >= 11 is 0. The number of carbonyl (C=O) groups is 4. The Hall–Kier alpha value is -5.24. The SMILES string of the molecule is CN(C(=O)CCCCC(=O)N(C)c1ccccc1C(=O)NCc1ccccc1)c1ccccc1C(=O)NCc1ccccc1. The van der Waals surface area contributed by atoms with Gasteiger partial charge in [-0.2, -0.15) is 0 Å². The van der Waals surface area contributed by atoms with Crippen molar-refractivity contribution in [1.29, 1.82) is 0 Å². The van der Waals surface area contributed by atoms with Crippen LogP contribution in [0.5, 0.6) is 0 Å². The van der Waals surface area contributed by atoms with Crippen molar-refractivity contribution >= 4 is 35.0 Å². The van der Waals surface area contributed by atoms with E-state index in [-0.39, 0.29) is 36.5 Å². The van der Waals surface area contributed by atoms with E-state index in [2.05, 4.69) is 10.6 Å². The van der Waals surface area contributed by atoms with Crippen LogP contribution in [0, 0.1) is 0 Å². The monoisotopic (exact) mass is 590 g/mol. The molecular weight excluding hydrogens is 552 g/mol. The average Bonchev–Trinajstić information content (AvgIpc) is 3.08. The van der Waals surface area contributed by atoms with E-state index in [0.29, 0.717) is 48.4 Å². The van der Waals surface area contributed by atoms with Crippen LogP contribution in [0.25, 0.3) is 0 Å². The van der Waals surface area contributed by atoms with Crippen molar-refractivity contribution in [3.8, 4) is 0 Å². The Kier molecular flexibility index (Phi) is 11.4. The summed E-state index contributed by atoms with van der Waals surface area (Å²) in [6.45, 7) is 0.772. The molecule has 4 amide bonds. The molecule has 8 heteroatoms. The topological polar surface area (TPSA) is 98.8 Å². The molecule has 0 aromatic heterocycles. The van der Waals surface area contributed by atoms with Crippen LogP contribution in [0.4, 0.5) is 11.4 Å². The Morgan fingerprint density at radius 2 is 0.841 bits per heavy atom. The summed E-state index contributed by atoms with van der Waals surface area (Å²) in [7, 11) is 3.31. The number of unbranched alkanes of at least 4 members (excludes halogenated alkanes) is 1. The number of hydrogen-bond donors (Lipinski definition) is 2. The third-order valence-electron chi connectivity index (χ3n) is 7.39. The Labute approximate surface area is 258 Å². The minimum Gasteiger partial charge on any atom is -0.348 e. The molecule has 0 heterocycles. The lowest BCUT2D eigenvalue weighted by Gasteiger charge is -2.21. The van der Waals surface area contributed by atoms with E-state index in [1.54, 1.807) is 62.6 Å². The molecule has 0 unspecified atom stereocenters. The highest BCUT2D eigenvalue weighted by molar-refractivity contribution is 6.05. The molecule has 0 saturated heterocycles. The smallest absolute Gasteiger partial charge is 0.253 e. The van der Waals surface area contributed by atoms with E-state index in [1.807, 2.05) is 60.7 Å². The first-order valence-corrected chi connectivity index (χ1v) is 14.7. The summed E-state index contributed by atoms with van der Waals surface area (Å²) < 4.78 is 0. The van der Waals surface area contributed by atoms with Gasteiger partial charge in [-0.25, -0.2) is 0 Å². The molecule has 0 fully saturated rings. The fourth-order valence-corrected chi connectivity index (χ4v) is 4.82. The molecule has 0 radical (unpaired) electrons. The zero-order chi connectivity index (χ0) is 31.3. The van der Waals surface area contributed by atoms with Crippen LogP contribution in [0.2, 0.25) is 0 Å². The van der Waals surface area contributed by atoms with E-state index >= 15 is 0 Å². The van der Waals surface area contributed by atoms with Crippen molar-refractivity contribution in [2.45, 2.75) is 38.8 Å². The van der Waals surface area contributed by atoms with Crippen molar-refractivity contribution in [2.24, 2.45) is 0 Å². The molecule has 0 aliphatic heterocycles. The summed E-state index contributed by atoms with van der Waals surface area (Å²) in [5.41, 5.74) is 3.86. The fraction of sp³-hybridized carbons (Fsp3) is 0.222. The molecule has 44 heavy (non-hydrogen) atoms. The van der Waals surface area contributed by atoms with E-state index in [4.69, 9.17) is 0 Å². The predicted molar refractivity (Wildman–Crippen MR) is 173 cm³/mol. The largest absolute Gasteiger partial charge is 0.348 e. The van der Waals surface area contributed by atoms with Gasteiger partial charge >= 0.3 is 0 Å². The van der Waals surface area contributed by atoms with Crippen molar-refractivity contribution < 1.29 is 19.2 Å². The van der Waals surface area contributed by atoms with Gasteiger partial charge in [0.1, 0.15) is 0 Å². The van der Waals surface area contributed by atoms with Gasteiger partial charge in [-0.1, -0.05) is 84.9 Å². The highest BCUT2D eigenvalue weighted by Crippen LogP contribution is 2.23. The Morgan fingerprint density at radius 3 is 1.23 bits per heavy atom. The fourth-order valence-electron chi connectivity index (χ4n) is 4.82. The van der Waals surface area contributed by atoms with E-state index < -0.39 is 0 Å². The zero-order valence-corrected chi connectivity index (χ0v) is 25.2. The minimum atomic E-state index is -0.258. The second-order valence-corrected chi connectivity index (χ2v) is 10.5. The maximum atomic E-state index is 13.0. The van der Waals surface area contributed by atoms with Crippen LogP contribution in [0.15, 0.2) is 109 Å². The van der Waals surface area contributed by atoms with E-state index in [9.17, 15) is 19.2 Å². The second-order valence-electron chi connectivity index (χ2n) is 10.5. The predicted octanol–water partition coefficient (Wildman–Crippen LogP) is 5.73. The third kappa shape index (κ3) is 8.64. The number of rotatable bonds is 13. The first-order chi connectivity index (χ1) is 21.3. The molecule has 0 spiro atoms. The summed E-state index contributed by atoms with van der Waals surface area (Å²) in [6.07, 6.45) is 1.46. The third-order valence-corrected chi connectivity index (χ3v) is 7.39. The van der Waals surface area contributed by atoms with Gasteiger partial charge in [-0.05, 0) is 48.2 Å². The molecule has 4 rings (SSSR count). The van der Waals surface area contributed by atoms with Crippen molar-refractivity contribution in [2.75, 3.05) is 23.9 Å². The van der Waals surface area contributed by atoms with Crippen LogP contribution < -0.4 is 20.4 Å². The molecule has 0 atom stereocenters. The van der Waals surface area contributed by atoms with Gasteiger partial charge < -0.3 is 20.4 Å². The second kappa shape index (κ2) is 15.8.